The lowest BCUT2D eigenvalue weighted by molar-refractivity contribution is -0.134. The second-order valence-corrected chi connectivity index (χ2v) is 10.6. The Morgan fingerprint density at radius 3 is 2.06 bits per heavy atom. The van der Waals surface area contributed by atoms with Gasteiger partial charge in [0.1, 0.15) is 30.0 Å². The molecular weight excluding hydrogens is 608 g/mol. The van der Waals surface area contributed by atoms with E-state index in [0.29, 0.717) is 47.2 Å². The number of methoxy groups -OCH3 is 1. The fourth-order valence-electron chi connectivity index (χ4n) is 4.57. The van der Waals surface area contributed by atoms with Crippen molar-refractivity contribution in [2.75, 3.05) is 12.4 Å². The summed E-state index contributed by atoms with van der Waals surface area (Å²) in [7, 11) is 1.57. The van der Waals surface area contributed by atoms with E-state index >= 15 is 0 Å². The molecule has 0 spiro atoms. The molecule has 10 nitrogen and oxygen atoms in total. The number of carbonyl (C=O) groups is 2. The van der Waals surface area contributed by atoms with Crippen molar-refractivity contribution in [3.63, 3.8) is 0 Å². The van der Waals surface area contributed by atoms with Gasteiger partial charge in [-0.2, -0.15) is 0 Å². The highest BCUT2D eigenvalue weighted by Gasteiger charge is 2.22. The fraction of sp³-hybridized carbons (Fsp3) is 0.132. The standard InChI is InChI=1S/C36H34N4O4.C2H4O2/c1-42-33-22-28(17-20-32(33)43-24-26-11-8-14-31(21-26)44-30-12-6-3-7-13-30)34(36(41)39-23-25-9-4-2-5-10-25)40-29-18-15-27(16-19-29)35(37)38;1-2(3)4/h2-22,34,40H,23-24H2,1H3,(H3,37,38)(H,39,41);1H3,(H,3,4)/t34-;/m1./s1. The van der Waals surface area contributed by atoms with Gasteiger partial charge in [0.05, 0.1) is 7.11 Å². The van der Waals surface area contributed by atoms with Gasteiger partial charge in [-0.25, -0.2) is 0 Å². The second-order valence-electron chi connectivity index (χ2n) is 10.6. The average molecular weight is 647 g/mol. The Balaban J connectivity index is 0.00000123. The van der Waals surface area contributed by atoms with Crippen molar-refractivity contribution in [2.45, 2.75) is 26.1 Å². The van der Waals surface area contributed by atoms with Gasteiger partial charge in [-0.1, -0.05) is 66.7 Å². The molecule has 0 aromatic heterocycles. The molecule has 0 unspecified atom stereocenters. The summed E-state index contributed by atoms with van der Waals surface area (Å²) in [6.07, 6.45) is 0. The zero-order valence-corrected chi connectivity index (χ0v) is 26.7. The first kappa shape index (κ1) is 34.6. The van der Waals surface area contributed by atoms with Crippen molar-refractivity contribution in [2.24, 2.45) is 5.73 Å². The third kappa shape index (κ3) is 10.7. The summed E-state index contributed by atoms with van der Waals surface area (Å²) in [6, 6.07) is 38.8. The maximum absolute atomic E-state index is 13.5. The number of amidine groups is 1. The van der Waals surface area contributed by atoms with Crippen LogP contribution in [0.3, 0.4) is 0 Å². The summed E-state index contributed by atoms with van der Waals surface area (Å²) in [5.41, 5.74) is 9.52. The highest BCUT2D eigenvalue weighted by atomic mass is 16.5. The van der Waals surface area contributed by atoms with Gasteiger partial charge in [-0.05, 0) is 77.4 Å². The lowest BCUT2D eigenvalue weighted by atomic mass is 10.0. The van der Waals surface area contributed by atoms with Crippen molar-refractivity contribution in [1.82, 2.24) is 5.32 Å². The first-order valence-electron chi connectivity index (χ1n) is 15.1. The number of nitrogen functional groups attached to an aromatic ring is 1. The Hall–Kier alpha value is -6.29. The number of ether oxygens (including phenoxy) is 3. The Morgan fingerprint density at radius 1 is 0.792 bits per heavy atom. The van der Waals surface area contributed by atoms with Crippen LogP contribution >= 0.6 is 0 Å². The zero-order valence-electron chi connectivity index (χ0n) is 26.7. The van der Waals surface area contributed by atoms with E-state index in [1.54, 1.807) is 43.5 Å². The predicted octanol–water partition coefficient (Wildman–Crippen LogP) is 6.91. The molecule has 5 aromatic rings. The van der Waals surface area contributed by atoms with Crippen molar-refractivity contribution in [1.29, 1.82) is 5.41 Å². The van der Waals surface area contributed by atoms with Crippen molar-refractivity contribution < 1.29 is 28.9 Å². The molecule has 1 amide bonds. The molecule has 0 radical (unpaired) electrons. The first-order chi connectivity index (χ1) is 23.2. The lowest BCUT2D eigenvalue weighted by Crippen LogP contribution is -2.33. The molecule has 48 heavy (non-hydrogen) atoms. The number of hydrogen-bond donors (Lipinski definition) is 5. The molecule has 0 saturated heterocycles. The van der Waals surface area contributed by atoms with E-state index in [-0.39, 0.29) is 11.7 Å². The smallest absolute Gasteiger partial charge is 0.300 e. The number of benzene rings is 5. The molecule has 0 heterocycles. The number of amides is 1. The first-order valence-corrected chi connectivity index (χ1v) is 15.1. The summed E-state index contributed by atoms with van der Waals surface area (Å²) >= 11 is 0. The van der Waals surface area contributed by atoms with E-state index < -0.39 is 12.0 Å². The van der Waals surface area contributed by atoms with Gasteiger partial charge in [-0.15, -0.1) is 0 Å². The van der Waals surface area contributed by atoms with E-state index in [0.717, 1.165) is 23.8 Å². The van der Waals surface area contributed by atoms with E-state index in [1.807, 2.05) is 91.0 Å². The topological polar surface area (TPSA) is 156 Å². The number of carbonyl (C=O) groups excluding carboxylic acids is 1. The van der Waals surface area contributed by atoms with Crippen LogP contribution in [0.4, 0.5) is 5.69 Å². The minimum atomic E-state index is -0.833. The van der Waals surface area contributed by atoms with Crippen LogP contribution in [0, 0.1) is 5.41 Å². The van der Waals surface area contributed by atoms with Crippen molar-refractivity contribution in [3.05, 3.63) is 150 Å². The SMILES string of the molecule is CC(=O)O.COc1cc([C@@H](Nc2ccc(C(=N)N)cc2)C(=O)NCc2ccccc2)ccc1OCc1cccc(Oc2ccccc2)c1. The molecule has 1 atom stereocenters. The molecule has 0 aliphatic carbocycles. The van der Waals surface area contributed by atoms with Crippen molar-refractivity contribution >= 4 is 23.4 Å². The molecule has 0 saturated carbocycles. The summed E-state index contributed by atoms with van der Waals surface area (Å²) in [6.45, 7) is 1.76. The Labute approximate surface area is 279 Å². The lowest BCUT2D eigenvalue weighted by Gasteiger charge is -2.22. The van der Waals surface area contributed by atoms with Gasteiger partial charge in [0.15, 0.2) is 11.5 Å². The summed E-state index contributed by atoms with van der Waals surface area (Å²) in [5.74, 6) is 1.44. The van der Waals surface area contributed by atoms with Crippen LogP contribution in [0.15, 0.2) is 127 Å². The number of nitrogens with two attached hydrogens (primary N) is 1. The summed E-state index contributed by atoms with van der Waals surface area (Å²) in [4.78, 5) is 22.5. The van der Waals surface area contributed by atoms with Crippen LogP contribution in [-0.2, 0) is 22.7 Å². The van der Waals surface area contributed by atoms with Gasteiger partial charge >= 0.3 is 0 Å². The maximum Gasteiger partial charge on any atom is 0.300 e. The van der Waals surface area contributed by atoms with E-state index in [1.165, 1.54) is 0 Å². The summed E-state index contributed by atoms with van der Waals surface area (Å²) < 4.78 is 17.8. The van der Waals surface area contributed by atoms with Gasteiger partial charge < -0.3 is 35.7 Å². The van der Waals surface area contributed by atoms with Crippen LogP contribution in [0.1, 0.15) is 35.2 Å². The molecule has 0 fully saturated rings. The van der Waals surface area contributed by atoms with Crippen LogP contribution in [0.2, 0.25) is 0 Å². The van der Waals surface area contributed by atoms with E-state index in [2.05, 4.69) is 10.6 Å². The third-order valence-electron chi connectivity index (χ3n) is 6.87. The van der Waals surface area contributed by atoms with E-state index in [9.17, 15) is 4.79 Å². The highest BCUT2D eigenvalue weighted by Crippen LogP contribution is 2.33. The van der Waals surface area contributed by atoms with Crippen LogP contribution < -0.4 is 30.6 Å². The number of carboxylic acid groups (broad SMARTS) is 1. The van der Waals surface area contributed by atoms with E-state index in [4.69, 9.17) is 35.3 Å². The minimum Gasteiger partial charge on any atom is -0.493 e. The molecule has 0 bridgehead atoms. The molecule has 5 rings (SSSR count). The van der Waals surface area contributed by atoms with Gasteiger partial charge in [0.25, 0.3) is 5.97 Å². The highest BCUT2D eigenvalue weighted by molar-refractivity contribution is 5.95. The monoisotopic (exact) mass is 646 g/mol. The Morgan fingerprint density at radius 2 is 1.42 bits per heavy atom. The quantitative estimate of drug-likeness (QED) is 0.0683. The van der Waals surface area contributed by atoms with Gasteiger partial charge in [0, 0.05) is 24.7 Å². The van der Waals surface area contributed by atoms with Crippen LogP contribution in [0.25, 0.3) is 0 Å². The average Bonchev–Trinajstić information content (AvgIpc) is 3.09. The zero-order chi connectivity index (χ0) is 34.3. The number of aliphatic carboxylic acids is 1. The number of hydrogen-bond acceptors (Lipinski definition) is 7. The number of carboxylic acids is 1. The summed E-state index contributed by atoms with van der Waals surface area (Å²) in [5, 5.41) is 21.4. The van der Waals surface area contributed by atoms with Crippen LogP contribution in [0.5, 0.6) is 23.0 Å². The molecule has 6 N–H and O–H groups in total. The largest absolute Gasteiger partial charge is 0.493 e. The number of anilines is 1. The second kappa shape index (κ2) is 17.4. The minimum absolute atomic E-state index is 0.0236. The Bertz CT molecular complexity index is 1790. The maximum atomic E-state index is 13.5. The molecular formula is C38H38N4O6. The predicted molar refractivity (Wildman–Crippen MR) is 186 cm³/mol. The molecule has 5 aromatic carbocycles. The number of rotatable bonds is 13. The number of para-hydroxylation sites is 1. The number of nitrogens with one attached hydrogen (secondary N) is 3. The molecule has 0 aliphatic rings. The van der Waals surface area contributed by atoms with Gasteiger partial charge in [0.2, 0.25) is 5.91 Å². The van der Waals surface area contributed by atoms with Crippen molar-refractivity contribution in [3.8, 4) is 23.0 Å². The fourth-order valence-corrected chi connectivity index (χ4v) is 4.57. The van der Waals surface area contributed by atoms with Gasteiger partial charge in [-0.3, -0.25) is 15.0 Å². The molecule has 10 heteroatoms. The Kier molecular flexibility index (Phi) is 12.5. The third-order valence-corrected chi connectivity index (χ3v) is 6.87. The molecule has 246 valence electrons. The normalized spacial score (nSPS) is 10.8. The van der Waals surface area contributed by atoms with Crippen LogP contribution in [-0.4, -0.2) is 29.9 Å². The molecule has 0 aliphatic heterocycles.